The van der Waals surface area contributed by atoms with E-state index in [0.29, 0.717) is 17.6 Å². The lowest BCUT2D eigenvalue weighted by atomic mass is 9.91. The highest BCUT2D eigenvalue weighted by atomic mass is 16.5. The van der Waals surface area contributed by atoms with E-state index in [2.05, 4.69) is 10.2 Å². The molecule has 0 fully saturated rings. The van der Waals surface area contributed by atoms with Crippen molar-refractivity contribution in [3.63, 3.8) is 0 Å². The molecule has 0 bridgehead atoms. The summed E-state index contributed by atoms with van der Waals surface area (Å²) in [7, 11) is 4.08. The van der Waals surface area contributed by atoms with E-state index in [1.807, 2.05) is 41.8 Å². The molecule has 0 aliphatic heterocycles. The van der Waals surface area contributed by atoms with Crippen molar-refractivity contribution in [1.29, 1.82) is 5.41 Å². The van der Waals surface area contributed by atoms with Gasteiger partial charge < -0.3 is 15.0 Å². The molecule has 0 rings (SSSR count). The molecule has 7 heteroatoms. The zero-order valence-corrected chi connectivity index (χ0v) is 14.1. The zero-order valence-electron chi connectivity index (χ0n) is 14.1. The van der Waals surface area contributed by atoms with Crippen LogP contribution in [0.2, 0.25) is 0 Å². The lowest BCUT2D eigenvalue weighted by Gasteiger charge is -2.31. The van der Waals surface area contributed by atoms with E-state index in [9.17, 15) is 4.79 Å². The molecular formula is C14H30N5O2+. The van der Waals surface area contributed by atoms with Crippen LogP contribution in [-0.4, -0.2) is 56.2 Å². The van der Waals surface area contributed by atoms with E-state index in [0.717, 1.165) is 13.0 Å². The van der Waals surface area contributed by atoms with Gasteiger partial charge in [-0.25, -0.2) is 0 Å². The first-order chi connectivity index (χ1) is 9.50. The number of rotatable bonds is 8. The molecule has 7 nitrogen and oxygen atoms in total. The fourth-order valence-electron chi connectivity index (χ4n) is 1.73. The number of quaternary nitrogens is 1. The third-order valence-corrected chi connectivity index (χ3v) is 3.49. The monoisotopic (exact) mass is 300 g/mol. The molecule has 122 valence electrons. The number of nitrogens with two attached hydrogens (primary N) is 1. The van der Waals surface area contributed by atoms with Crippen LogP contribution in [0, 0.1) is 10.8 Å². The van der Waals surface area contributed by atoms with Crippen LogP contribution in [0.15, 0.2) is 10.2 Å². The number of likely N-dealkylation sites (N-methyl/N-ethyl adjacent to an activating group) is 1. The molecular weight excluding hydrogens is 270 g/mol. The molecule has 0 aliphatic carbocycles. The predicted molar refractivity (Wildman–Crippen MR) is 83.1 cm³/mol. The van der Waals surface area contributed by atoms with E-state index in [1.165, 1.54) is 0 Å². The Bertz CT molecular complexity index is 391. The average molecular weight is 300 g/mol. The van der Waals surface area contributed by atoms with Crippen molar-refractivity contribution in [2.24, 2.45) is 21.4 Å². The van der Waals surface area contributed by atoms with Gasteiger partial charge in [0.05, 0.1) is 19.5 Å². The number of ether oxygens (including phenoxy) is 1. The average Bonchev–Trinajstić information content (AvgIpc) is 2.35. The van der Waals surface area contributed by atoms with Gasteiger partial charge in [0.2, 0.25) is 5.96 Å². The minimum absolute atomic E-state index is 0.0494. The summed E-state index contributed by atoms with van der Waals surface area (Å²) in [5.74, 6) is -0.447. The second kappa shape index (κ2) is 8.07. The first-order valence-corrected chi connectivity index (χ1v) is 7.24. The number of guanidine groups is 1. The van der Waals surface area contributed by atoms with Crippen LogP contribution >= 0.6 is 0 Å². The van der Waals surface area contributed by atoms with E-state index in [4.69, 9.17) is 15.9 Å². The number of azo groups is 1. The minimum Gasteiger partial charge on any atom is -0.459 e. The molecule has 0 aromatic rings. The molecule has 0 aromatic heterocycles. The quantitative estimate of drug-likeness (QED) is 0.235. The van der Waals surface area contributed by atoms with Gasteiger partial charge in [0, 0.05) is 0 Å². The molecule has 0 spiro atoms. The molecule has 0 amide bonds. The summed E-state index contributed by atoms with van der Waals surface area (Å²) in [4.78, 5) is 11.9. The Hall–Kier alpha value is -1.50. The van der Waals surface area contributed by atoms with Crippen LogP contribution in [0.5, 0.6) is 0 Å². The fourth-order valence-corrected chi connectivity index (χ4v) is 1.73. The second-order valence-electron chi connectivity index (χ2n) is 6.67. The van der Waals surface area contributed by atoms with E-state index >= 15 is 0 Å². The van der Waals surface area contributed by atoms with Gasteiger partial charge in [0.15, 0.2) is 0 Å². The van der Waals surface area contributed by atoms with Gasteiger partial charge in [-0.05, 0) is 27.2 Å². The van der Waals surface area contributed by atoms with Crippen molar-refractivity contribution in [3.05, 3.63) is 0 Å². The van der Waals surface area contributed by atoms with Gasteiger partial charge in [-0.3, -0.25) is 10.2 Å². The van der Waals surface area contributed by atoms with E-state index < -0.39 is 5.41 Å². The third kappa shape index (κ3) is 8.39. The second-order valence-corrected chi connectivity index (χ2v) is 6.67. The number of hydrogen-bond acceptors (Lipinski definition) is 4. The Kier molecular flexibility index (Phi) is 7.49. The summed E-state index contributed by atoms with van der Waals surface area (Å²) in [5, 5.41) is 14.5. The fraction of sp³-hybridized carbons (Fsp3) is 0.857. The van der Waals surface area contributed by atoms with Crippen molar-refractivity contribution in [1.82, 2.24) is 0 Å². The summed E-state index contributed by atoms with van der Waals surface area (Å²) in [5.41, 5.74) is 4.70. The smallest absolute Gasteiger partial charge is 0.311 e. The summed E-state index contributed by atoms with van der Waals surface area (Å²) >= 11 is 0. The maximum atomic E-state index is 11.9. The van der Waals surface area contributed by atoms with Gasteiger partial charge in [-0.1, -0.05) is 6.92 Å². The van der Waals surface area contributed by atoms with Crippen LogP contribution in [0.1, 0.15) is 34.1 Å². The molecule has 3 N–H and O–H groups in total. The molecule has 1 atom stereocenters. The maximum Gasteiger partial charge on any atom is 0.311 e. The van der Waals surface area contributed by atoms with Crippen LogP contribution in [0.25, 0.3) is 0 Å². The standard InChI is InChI=1S/C14H30N5O2/c1-7-14(3,4)12(20)21-9-8-19(5,6)10-11(2)17-18-13(15)16/h11H,7-10H2,1-6H3,(H3,15,16)/q+1. The van der Waals surface area contributed by atoms with E-state index in [-0.39, 0.29) is 18.0 Å². The number of hydrogen-bond donors (Lipinski definition) is 2. The molecule has 0 saturated carbocycles. The first-order valence-electron chi connectivity index (χ1n) is 7.24. The van der Waals surface area contributed by atoms with Crippen molar-refractivity contribution in [3.8, 4) is 0 Å². The Balaban J connectivity index is 4.25. The highest BCUT2D eigenvalue weighted by molar-refractivity contribution is 5.75. The van der Waals surface area contributed by atoms with Crippen molar-refractivity contribution in [2.45, 2.75) is 40.2 Å². The number of esters is 1. The molecule has 1 unspecified atom stereocenters. The number of nitrogens with zero attached hydrogens (tertiary/aromatic N) is 3. The van der Waals surface area contributed by atoms with Gasteiger partial charge >= 0.3 is 5.97 Å². The van der Waals surface area contributed by atoms with Gasteiger partial charge in [-0.2, -0.15) is 5.11 Å². The van der Waals surface area contributed by atoms with Gasteiger partial charge in [-0.15, -0.1) is 5.11 Å². The summed E-state index contributed by atoms with van der Waals surface area (Å²) in [6.07, 6.45) is 0.756. The first kappa shape index (κ1) is 19.5. The largest absolute Gasteiger partial charge is 0.459 e. The number of nitrogens with one attached hydrogen (secondary N) is 1. The zero-order chi connectivity index (χ0) is 16.7. The Morgan fingerprint density at radius 2 is 2.00 bits per heavy atom. The van der Waals surface area contributed by atoms with Crippen LogP contribution in [0.4, 0.5) is 0 Å². The number of carbonyl (C=O) groups excluding carboxylic acids is 1. The maximum absolute atomic E-state index is 11.9. The lowest BCUT2D eigenvalue weighted by Crippen LogP contribution is -2.46. The van der Waals surface area contributed by atoms with Crippen molar-refractivity contribution in [2.75, 3.05) is 33.8 Å². The normalized spacial score (nSPS) is 14.2. The van der Waals surface area contributed by atoms with Crippen LogP contribution < -0.4 is 5.73 Å². The van der Waals surface area contributed by atoms with E-state index in [1.54, 1.807) is 0 Å². The van der Waals surface area contributed by atoms with Gasteiger partial charge in [0.1, 0.15) is 25.7 Å². The Labute approximate surface area is 127 Å². The highest BCUT2D eigenvalue weighted by Gasteiger charge is 2.28. The summed E-state index contributed by atoms with van der Waals surface area (Å²) in [6.45, 7) is 9.48. The van der Waals surface area contributed by atoms with Crippen molar-refractivity contribution >= 4 is 11.9 Å². The predicted octanol–water partition coefficient (Wildman–Crippen LogP) is 1.78. The molecule has 0 saturated heterocycles. The number of carbonyl (C=O) groups is 1. The summed E-state index contributed by atoms with van der Waals surface area (Å²) < 4.78 is 6.00. The molecule has 0 aliphatic rings. The highest BCUT2D eigenvalue weighted by Crippen LogP contribution is 2.21. The minimum atomic E-state index is -0.430. The van der Waals surface area contributed by atoms with Crippen molar-refractivity contribution < 1.29 is 14.0 Å². The third-order valence-electron chi connectivity index (χ3n) is 3.49. The topological polar surface area (TPSA) is 101 Å². The SMILES string of the molecule is CCC(C)(C)C(=O)OCC[N+](C)(C)CC(C)N=NC(=N)N. The molecule has 21 heavy (non-hydrogen) atoms. The Morgan fingerprint density at radius 1 is 1.43 bits per heavy atom. The summed E-state index contributed by atoms with van der Waals surface area (Å²) in [6, 6.07) is -0.0494. The molecule has 0 aromatic carbocycles. The van der Waals surface area contributed by atoms with Gasteiger partial charge in [0.25, 0.3) is 0 Å². The molecule has 0 radical (unpaired) electrons. The molecule has 0 heterocycles. The lowest BCUT2D eigenvalue weighted by molar-refractivity contribution is -0.891. The van der Waals surface area contributed by atoms with Crippen LogP contribution in [0.3, 0.4) is 0 Å². The van der Waals surface area contributed by atoms with Crippen LogP contribution in [-0.2, 0) is 9.53 Å². The Morgan fingerprint density at radius 3 is 2.48 bits per heavy atom.